The van der Waals surface area contributed by atoms with Gasteiger partial charge in [-0.1, -0.05) is 130 Å². The van der Waals surface area contributed by atoms with Gasteiger partial charge in [0.25, 0.3) is 6.64 Å². The Morgan fingerprint density at radius 3 is 1.40 bits per heavy atom. The molecule has 0 aromatic carbocycles. The zero-order valence-corrected chi connectivity index (χ0v) is 33.4. The first-order chi connectivity index (χ1) is 19.9. The summed E-state index contributed by atoms with van der Waals surface area (Å²) in [7, 11) is 0. The lowest BCUT2D eigenvalue weighted by Gasteiger charge is -2.33. The maximum Gasteiger partial charge on any atom is 0.261 e. The average molecular weight is 692 g/mol. The summed E-state index contributed by atoms with van der Waals surface area (Å²) < 4.78 is 23.0. The predicted molar refractivity (Wildman–Crippen MR) is 199 cm³/mol. The molecule has 0 aromatic rings. The van der Waals surface area contributed by atoms with Gasteiger partial charge in [-0.15, -0.1) is 0 Å². The number of hydrogen-bond acceptors (Lipinski definition) is 6. The van der Waals surface area contributed by atoms with Crippen LogP contribution in [0.5, 0.6) is 0 Å². The molecule has 0 bridgehead atoms. The second kappa shape index (κ2) is 28.7. The highest BCUT2D eigenvalue weighted by Crippen LogP contribution is 2.54. The van der Waals surface area contributed by atoms with Gasteiger partial charge in [-0.05, 0) is 82.4 Å². The fourth-order valence-electron chi connectivity index (χ4n) is 4.63. The Balaban J connectivity index is 0. The molecule has 2 atom stereocenters. The summed E-state index contributed by atoms with van der Waals surface area (Å²) in [6.45, 7) is 19.7. The van der Waals surface area contributed by atoms with Crippen molar-refractivity contribution >= 4 is 48.2 Å². The first-order valence-electron chi connectivity index (χ1n) is 17.2. The number of rotatable bonds is 28. The Kier molecular flexibility index (Phi) is 31.1. The molecule has 0 saturated heterocycles. The normalized spacial score (nSPS) is 15.1. The maximum absolute atomic E-state index is 5.85. The fraction of sp³-hybridized carbons (Fsp3) is 1.00. The van der Waals surface area contributed by atoms with Crippen molar-refractivity contribution in [2.45, 2.75) is 171 Å². The zero-order valence-electron chi connectivity index (χ0n) is 29.1. The van der Waals surface area contributed by atoms with Crippen LogP contribution in [0.15, 0.2) is 0 Å². The van der Waals surface area contributed by atoms with Crippen molar-refractivity contribution in [3.05, 3.63) is 0 Å². The molecule has 0 spiro atoms. The molecule has 0 rings (SSSR count). The molecule has 0 aromatic heterocycles. The second-order valence-corrected chi connectivity index (χ2v) is 20.6. The Bertz CT molecular complexity index is 667. The van der Waals surface area contributed by atoms with Crippen LogP contribution in [0.1, 0.15) is 165 Å². The Morgan fingerprint density at radius 1 is 0.619 bits per heavy atom. The molecule has 0 fully saturated rings. The van der Waals surface area contributed by atoms with Crippen LogP contribution in [-0.2, 0) is 41.7 Å². The molecule has 0 radical (unpaired) electrons. The summed E-state index contributed by atoms with van der Waals surface area (Å²) in [6.07, 6.45) is 20.1. The van der Waals surface area contributed by atoms with Gasteiger partial charge in [0.15, 0.2) is 0 Å². The molecule has 5 nitrogen and oxygen atoms in total. The quantitative estimate of drug-likeness (QED) is 0.0481. The van der Waals surface area contributed by atoms with Crippen molar-refractivity contribution in [2.24, 2.45) is 11.8 Å². The van der Waals surface area contributed by atoms with E-state index in [2.05, 4.69) is 65.8 Å². The van der Waals surface area contributed by atoms with Gasteiger partial charge in [0, 0.05) is 5.54 Å². The first kappa shape index (κ1) is 45.6. The third-order valence-electron chi connectivity index (χ3n) is 7.48. The summed E-state index contributed by atoms with van der Waals surface area (Å²) in [4.78, 5) is 0. The Hall–Kier alpha value is 1.45. The van der Waals surface area contributed by atoms with Gasteiger partial charge in [0.1, 0.15) is 0 Å². The van der Waals surface area contributed by atoms with Crippen LogP contribution in [0.3, 0.4) is 0 Å². The minimum absolute atomic E-state index is 0.0245. The van der Waals surface area contributed by atoms with Crippen LogP contribution in [0.25, 0.3) is 0 Å². The van der Waals surface area contributed by atoms with E-state index in [-0.39, 0.29) is 5.54 Å². The van der Waals surface area contributed by atoms with Gasteiger partial charge >= 0.3 is 0 Å². The van der Waals surface area contributed by atoms with Crippen LogP contribution < -0.4 is 5.09 Å². The van der Waals surface area contributed by atoms with Crippen molar-refractivity contribution < 1.29 is 18.1 Å². The molecule has 0 aliphatic heterocycles. The van der Waals surface area contributed by atoms with Crippen LogP contribution in [0, 0.1) is 11.8 Å². The molecule has 0 aliphatic carbocycles. The summed E-state index contributed by atoms with van der Waals surface area (Å²) in [5.74, 6) is 1.18. The first-order valence-corrected chi connectivity index (χ1v) is 23.6. The molecule has 0 saturated carbocycles. The highest BCUT2D eigenvalue weighted by Gasteiger charge is 2.28. The SMILES string of the molecule is CCCCC(CC)COP(=S)(S)OCC(CC)CCCC.CCCCCCCCCC(C)(C)NP(=S)(OCC)OCC. The lowest BCUT2D eigenvalue weighted by atomic mass is 9.97. The molecule has 1 N–H and O–H groups in total. The van der Waals surface area contributed by atoms with E-state index in [0.29, 0.717) is 38.3 Å². The number of nitrogens with one attached hydrogen (secondary N) is 1. The molecule has 42 heavy (non-hydrogen) atoms. The van der Waals surface area contributed by atoms with Gasteiger partial charge in [-0.25, -0.2) is 5.09 Å². The van der Waals surface area contributed by atoms with Crippen LogP contribution in [-0.4, -0.2) is 32.0 Å². The van der Waals surface area contributed by atoms with Crippen molar-refractivity contribution in [3.8, 4) is 0 Å². The minimum atomic E-state index is -2.36. The number of thiol groups is 1. The molecular weight excluding hydrogens is 621 g/mol. The fourth-order valence-corrected chi connectivity index (χ4v) is 9.37. The third-order valence-corrected chi connectivity index (χ3v) is 12.7. The topological polar surface area (TPSA) is 49.0 Å². The van der Waals surface area contributed by atoms with Crippen molar-refractivity contribution in [1.82, 2.24) is 5.09 Å². The summed E-state index contributed by atoms with van der Waals surface area (Å²) in [6, 6.07) is 0. The highest BCUT2D eigenvalue weighted by molar-refractivity contribution is 8.60. The smallest absolute Gasteiger partial charge is 0.261 e. The van der Waals surface area contributed by atoms with Crippen molar-refractivity contribution in [1.29, 1.82) is 0 Å². The predicted octanol–water partition coefficient (Wildman–Crippen LogP) is 12.4. The molecule has 0 aliphatic rings. The number of unbranched alkanes of at least 4 members (excludes halogenated alkanes) is 8. The largest absolute Gasteiger partial charge is 0.322 e. The summed E-state index contributed by atoms with van der Waals surface area (Å²) in [5.41, 5.74) is -2.39. The van der Waals surface area contributed by atoms with Crippen LogP contribution in [0.4, 0.5) is 0 Å². The summed E-state index contributed by atoms with van der Waals surface area (Å²) in [5, 5.41) is 3.46. The zero-order chi connectivity index (χ0) is 32.3. The molecule has 2 unspecified atom stereocenters. The van der Waals surface area contributed by atoms with Gasteiger partial charge in [0.05, 0.1) is 26.4 Å². The monoisotopic (exact) mass is 691 g/mol. The van der Waals surface area contributed by atoms with E-state index >= 15 is 0 Å². The minimum Gasteiger partial charge on any atom is -0.322 e. The third kappa shape index (κ3) is 27.7. The average Bonchev–Trinajstić information content (AvgIpc) is 2.93. The maximum atomic E-state index is 5.85. The molecule has 256 valence electrons. The van der Waals surface area contributed by atoms with E-state index in [1.165, 1.54) is 83.5 Å². The molecular formula is C32H71NO4P2S3. The van der Waals surface area contributed by atoms with E-state index in [9.17, 15) is 0 Å². The van der Waals surface area contributed by atoms with Crippen molar-refractivity contribution in [2.75, 3.05) is 26.4 Å². The van der Waals surface area contributed by atoms with E-state index in [4.69, 9.17) is 41.7 Å². The van der Waals surface area contributed by atoms with E-state index in [1.807, 2.05) is 13.8 Å². The van der Waals surface area contributed by atoms with Gasteiger partial charge in [-0.2, -0.15) is 0 Å². The van der Waals surface area contributed by atoms with Crippen LogP contribution >= 0.6 is 24.6 Å². The van der Waals surface area contributed by atoms with Gasteiger partial charge < -0.3 is 18.1 Å². The van der Waals surface area contributed by atoms with Gasteiger partial charge in [0.2, 0.25) is 5.69 Å². The Morgan fingerprint density at radius 2 is 1.02 bits per heavy atom. The molecule has 0 heterocycles. The second-order valence-electron chi connectivity index (χ2n) is 12.1. The molecule has 10 heteroatoms. The van der Waals surface area contributed by atoms with Crippen molar-refractivity contribution in [3.63, 3.8) is 0 Å². The van der Waals surface area contributed by atoms with E-state index < -0.39 is 12.3 Å². The lowest BCUT2D eigenvalue weighted by Crippen LogP contribution is -2.37. The van der Waals surface area contributed by atoms with Gasteiger partial charge in [-0.3, -0.25) is 0 Å². The standard InChI is InChI=1S/C16H36NO2PS.C16H35O2PS2/c1-6-9-10-11-12-13-14-15-16(4,5)17-20(21,18-7-2)19-8-3;1-5-9-11-15(7-3)13-17-19(20,21)18-14-16(8-4)12-10-6-2/h6-15H2,1-5H3,(H,17,21);15-16H,5-14H2,1-4H3,(H,20,21). The molecule has 0 amide bonds. The van der Waals surface area contributed by atoms with Crippen LogP contribution in [0.2, 0.25) is 0 Å². The lowest BCUT2D eigenvalue weighted by molar-refractivity contribution is 0.189. The van der Waals surface area contributed by atoms with E-state index in [1.54, 1.807) is 0 Å². The van der Waals surface area contributed by atoms with E-state index in [0.717, 1.165) is 19.3 Å². The summed E-state index contributed by atoms with van der Waals surface area (Å²) >= 11 is 15.5. The Labute approximate surface area is 279 Å². The highest BCUT2D eigenvalue weighted by atomic mass is 32.9. The number of hydrogen-bond donors (Lipinski definition) is 2.